The van der Waals surface area contributed by atoms with Gasteiger partial charge in [0.05, 0.1) is 11.9 Å². The number of benzene rings is 1. The number of aromatic nitrogens is 1. The lowest BCUT2D eigenvalue weighted by Crippen LogP contribution is -2.21. The highest BCUT2D eigenvalue weighted by Gasteiger charge is 2.02. The molecule has 19 heavy (non-hydrogen) atoms. The summed E-state index contributed by atoms with van der Waals surface area (Å²) in [5.41, 5.74) is 8.72. The van der Waals surface area contributed by atoms with Crippen LogP contribution in [-0.2, 0) is 13.0 Å². The quantitative estimate of drug-likeness (QED) is 0.920. The van der Waals surface area contributed by atoms with Crippen LogP contribution in [0.5, 0.6) is 0 Å². The summed E-state index contributed by atoms with van der Waals surface area (Å²) in [5.74, 6) is 0. The van der Waals surface area contributed by atoms with Crippen LogP contribution in [-0.4, -0.2) is 23.5 Å². The third-order valence-corrected chi connectivity index (χ3v) is 3.43. The molecule has 0 spiro atoms. The van der Waals surface area contributed by atoms with Gasteiger partial charge in [0.2, 0.25) is 0 Å². The molecule has 0 saturated carbocycles. The summed E-state index contributed by atoms with van der Waals surface area (Å²) in [4.78, 5) is 6.60. The molecule has 0 fully saturated rings. The molecular weight excluding hydrogens is 302 g/mol. The zero-order valence-corrected chi connectivity index (χ0v) is 12.6. The van der Waals surface area contributed by atoms with Crippen molar-refractivity contribution in [2.75, 3.05) is 19.3 Å². The number of hydrogen-bond acceptors (Lipinski definition) is 3. The monoisotopic (exact) mass is 319 g/mol. The lowest BCUT2D eigenvalue weighted by atomic mass is 10.2. The number of nitrogens with two attached hydrogens (primary N) is 1. The average Bonchev–Trinajstić information content (AvgIpc) is 2.38. The molecule has 1 aromatic heterocycles. The first kappa shape index (κ1) is 14.0. The molecule has 0 unspecified atom stereocenters. The zero-order chi connectivity index (χ0) is 13.7. The van der Waals surface area contributed by atoms with Gasteiger partial charge in [-0.05, 0) is 36.9 Å². The van der Waals surface area contributed by atoms with Crippen LogP contribution < -0.4 is 5.73 Å². The summed E-state index contributed by atoms with van der Waals surface area (Å²) in [6, 6.07) is 12.3. The number of nitrogens with zero attached hydrogens (tertiary/aromatic N) is 2. The third-order valence-electron chi connectivity index (χ3n) is 2.94. The molecular formula is C15H18BrN3. The minimum atomic E-state index is 0.714. The smallest absolute Gasteiger partial charge is 0.0501 e. The zero-order valence-electron chi connectivity index (χ0n) is 11.0. The fourth-order valence-electron chi connectivity index (χ4n) is 1.92. The van der Waals surface area contributed by atoms with Crippen LogP contribution in [0.25, 0.3) is 0 Å². The molecule has 0 aliphatic heterocycles. The molecule has 0 amide bonds. The van der Waals surface area contributed by atoms with Crippen molar-refractivity contribution in [2.24, 2.45) is 0 Å². The summed E-state index contributed by atoms with van der Waals surface area (Å²) >= 11 is 3.49. The summed E-state index contributed by atoms with van der Waals surface area (Å²) in [5, 5.41) is 0. The Kier molecular flexibility index (Phi) is 4.93. The lowest BCUT2D eigenvalue weighted by molar-refractivity contribution is 0.330. The number of rotatable bonds is 5. The van der Waals surface area contributed by atoms with E-state index >= 15 is 0 Å². The number of likely N-dealkylation sites (N-methyl/N-ethyl adjacent to an activating group) is 1. The van der Waals surface area contributed by atoms with Gasteiger partial charge in [0.15, 0.2) is 0 Å². The molecule has 2 aromatic rings. The molecule has 2 N–H and O–H groups in total. The van der Waals surface area contributed by atoms with E-state index in [0.717, 1.165) is 29.7 Å². The SMILES string of the molecule is CN(CCc1ccc(N)cn1)Cc1cccc(Br)c1. The predicted molar refractivity (Wildman–Crippen MR) is 82.8 cm³/mol. The molecule has 1 aromatic carbocycles. The first-order valence-corrected chi connectivity index (χ1v) is 7.06. The molecule has 2 rings (SSSR count). The number of halogens is 1. The third kappa shape index (κ3) is 4.65. The van der Waals surface area contributed by atoms with Crippen molar-refractivity contribution in [2.45, 2.75) is 13.0 Å². The van der Waals surface area contributed by atoms with Crippen molar-refractivity contribution in [1.82, 2.24) is 9.88 Å². The van der Waals surface area contributed by atoms with Gasteiger partial charge >= 0.3 is 0 Å². The molecule has 0 radical (unpaired) electrons. The van der Waals surface area contributed by atoms with Crippen LogP contribution in [0.2, 0.25) is 0 Å². The summed E-state index contributed by atoms with van der Waals surface area (Å²) in [7, 11) is 2.12. The second-order valence-corrected chi connectivity index (χ2v) is 5.62. The maximum Gasteiger partial charge on any atom is 0.0501 e. The molecule has 0 bridgehead atoms. The van der Waals surface area contributed by atoms with E-state index in [9.17, 15) is 0 Å². The fourth-order valence-corrected chi connectivity index (χ4v) is 2.36. The van der Waals surface area contributed by atoms with E-state index in [-0.39, 0.29) is 0 Å². The maximum atomic E-state index is 5.62. The van der Waals surface area contributed by atoms with Crippen molar-refractivity contribution in [3.63, 3.8) is 0 Å². The van der Waals surface area contributed by atoms with Gasteiger partial charge in [-0.25, -0.2) is 0 Å². The van der Waals surface area contributed by atoms with Crippen molar-refractivity contribution in [1.29, 1.82) is 0 Å². The lowest BCUT2D eigenvalue weighted by Gasteiger charge is -2.16. The molecule has 0 aliphatic rings. The van der Waals surface area contributed by atoms with Gasteiger partial charge in [-0.15, -0.1) is 0 Å². The maximum absolute atomic E-state index is 5.62. The van der Waals surface area contributed by atoms with Crippen LogP contribution in [0, 0.1) is 0 Å². The van der Waals surface area contributed by atoms with Crippen molar-refractivity contribution in [3.05, 3.63) is 58.3 Å². The van der Waals surface area contributed by atoms with Gasteiger partial charge < -0.3 is 10.6 Å². The van der Waals surface area contributed by atoms with Crippen molar-refractivity contribution in [3.8, 4) is 0 Å². The molecule has 0 saturated heterocycles. The van der Waals surface area contributed by atoms with Crippen LogP contribution in [0.1, 0.15) is 11.3 Å². The minimum absolute atomic E-state index is 0.714. The van der Waals surface area contributed by atoms with E-state index in [1.54, 1.807) is 6.20 Å². The Bertz CT molecular complexity index is 525. The Morgan fingerprint density at radius 2 is 2.11 bits per heavy atom. The van der Waals surface area contributed by atoms with Crippen LogP contribution in [0.15, 0.2) is 47.1 Å². The van der Waals surface area contributed by atoms with Gasteiger partial charge in [0.1, 0.15) is 0 Å². The van der Waals surface area contributed by atoms with Gasteiger partial charge in [-0.1, -0.05) is 28.1 Å². The molecule has 4 heteroatoms. The topological polar surface area (TPSA) is 42.1 Å². The van der Waals surface area contributed by atoms with Gasteiger partial charge in [-0.2, -0.15) is 0 Å². The Hall–Kier alpha value is -1.39. The minimum Gasteiger partial charge on any atom is -0.397 e. The van der Waals surface area contributed by atoms with Crippen LogP contribution in [0.3, 0.4) is 0 Å². The van der Waals surface area contributed by atoms with E-state index < -0.39 is 0 Å². The number of hydrogen-bond donors (Lipinski definition) is 1. The first-order valence-electron chi connectivity index (χ1n) is 6.27. The molecule has 0 aliphatic carbocycles. The van der Waals surface area contributed by atoms with E-state index in [0.29, 0.717) is 5.69 Å². The van der Waals surface area contributed by atoms with E-state index in [2.05, 4.69) is 51.1 Å². The first-order chi connectivity index (χ1) is 9.13. The molecule has 1 heterocycles. The highest BCUT2D eigenvalue weighted by atomic mass is 79.9. The highest BCUT2D eigenvalue weighted by Crippen LogP contribution is 2.13. The Labute approximate surface area is 122 Å². The molecule has 3 nitrogen and oxygen atoms in total. The Balaban J connectivity index is 1.84. The second kappa shape index (κ2) is 6.68. The van der Waals surface area contributed by atoms with Crippen molar-refractivity contribution >= 4 is 21.6 Å². The summed E-state index contributed by atoms with van der Waals surface area (Å²) < 4.78 is 1.12. The molecule has 100 valence electrons. The fraction of sp³-hybridized carbons (Fsp3) is 0.267. The van der Waals surface area contributed by atoms with Crippen LogP contribution in [0.4, 0.5) is 5.69 Å². The van der Waals surface area contributed by atoms with E-state index in [4.69, 9.17) is 5.73 Å². The standard InChI is InChI=1S/C15H18BrN3/c1-19(11-12-3-2-4-13(16)9-12)8-7-15-6-5-14(17)10-18-15/h2-6,9-10H,7-8,11,17H2,1H3. The predicted octanol–water partition coefficient (Wildman–Crippen LogP) is 3.10. The number of pyridine rings is 1. The largest absolute Gasteiger partial charge is 0.397 e. The Morgan fingerprint density at radius 1 is 1.26 bits per heavy atom. The normalized spacial score (nSPS) is 10.9. The van der Waals surface area contributed by atoms with E-state index in [1.807, 2.05) is 18.2 Å². The second-order valence-electron chi connectivity index (χ2n) is 4.70. The highest BCUT2D eigenvalue weighted by molar-refractivity contribution is 9.10. The van der Waals surface area contributed by atoms with Crippen LogP contribution >= 0.6 is 15.9 Å². The van der Waals surface area contributed by atoms with E-state index in [1.165, 1.54) is 5.56 Å². The van der Waals surface area contributed by atoms with Gasteiger partial charge in [-0.3, -0.25) is 4.98 Å². The molecule has 0 atom stereocenters. The summed E-state index contributed by atoms with van der Waals surface area (Å²) in [6.45, 7) is 1.91. The average molecular weight is 320 g/mol. The number of anilines is 1. The van der Waals surface area contributed by atoms with Gasteiger partial charge in [0, 0.05) is 29.7 Å². The Morgan fingerprint density at radius 3 is 2.79 bits per heavy atom. The summed E-state index contributed by atoms with van der Waals surface area (Å²) in [6.07, 6.45) is 2.65. The van der Waals surface area contributed by atoms with Gasteiger partial charge in [0.25, 0.3) is 0 Å². The number of nitrogen functional groups attached to an aromatic ring is 1. The van der Waals surface area contributed by atoms with Crippen molar-refractivity contribution < 1.29 is 0 Å².